The summed E-state index contributed by atoms with van der Waals surface area (Å²) >= 11 is 1.86. The predicted molar refractivity (Wildman–Crippen MR) is 93.3 cm³/mol. The average molecular weight is 464 g/mol. The maximum atomic E-state index is 12.9. The summed E-state index contributed by atoms with van der Waals surface area (Å²) in [5.41, 5.74) is -0.787. The lowest BCUT2D eigenvalue weighted by molar-refractivity contribution is -0.384. The maximum Gasteiger partial charge on any atom is 0.416 e. The molecule has 0 bridgehead atoms. The first-order valence-electron chi connectivity index (χ1n) is 7.07. The van der Waals surface area contributed by atoms with E-state index in [1.54, 1.807) is 0 Å². The van der Waals surface area contributed by atoms with Crippen molar-refractivity contribution < 1.29 is 22.9 Å². The molecule has 132 valence electrons. The van der Waals surface area contributed by atoms with Crippen molar-refractivity contribution in [2.24, 2.45) is 0 Å². The molecule has 9 heteroatoms. The number of benzene rings is 2. The summed E-state index contributed by atoms with van der Waals surface area (Å²) in [6.45, 7) is -0.0231. The lowest BCUT2D eigenvalue weighted by atomic mass is 10.0. The van der Waals surface area contributed by atoms with E-state index in [1.807, 2.05) is 22.6 Å². The van der Waals surface area contributed by atoms with Gasteiger partial charge in [0.1, 0.15) is 0 Å². The van der Waals surface area contributed by atoms with Crippen LogP contribution in [0.25, 0.3) is 0 Å². The molecule has 0 saturated heterocycles. The number of carbonyl (C=O) groups is 1. The second-order valence-electron chi connectivity index (χ2n) is 5.08. The summed E-state index contributed by atoms with van der Waals surface area (Å²) in [7, 11) is 0. The van der Waals surface area contributed by atoms with Crippen LogP contribution in [0.3, 0.4) is 0 Å². The summed E-state index contributed by atoms with van der Waals surface area (Å²) in [5, 5.41) is 13.3. The molecule has 0 radical (unpaired) electrons. The van der Waals surface area contributed by atoms with Gasteiger partial charge in [0.15, 0.2) is 0 Å². The standard InChI is InChI=1S/C16H12F3IN2O3/c17-16(18,19)13-4-2-1-3-10(13)7-8-21-15(23)12-9-11(22(24)25)5-6-14(12)20/h1-6,9H,7-8H2,(H,21,23). The quantitative estimate of drug-likeness (QED) is 0.410. The lowest BCUT2D eigenvalue weighted by Gasteiger charge is -2.13. The van der Waals surface area contributed by atoms with Crippen LogP contribution in [0.15, 0.2) is 42.5 Å². The fraction of sp³-hybridized carbons (Fsp3) is 0.188. The van der Waals surface area contributed by atoms with Crippen LogP contribution in [-0.4, -0.2) is 17.4 Å². The van der Waals surface area contributed by atoms with Crippen molar-refractivity contribution in [2.45, 2.75) is 12.6 Å². The Hall–Kier alpha value is -2.17. The average Bonchev–Trinajstić information content (AvgIpc) is 2.54. The van der Waals surface area contributed by atoms with Crippen LogP contribution in [-0.2, 0) is 12.6 Å². The van der Waals surface area contributed by atoms with Gasteiger partial charge in [-0.1, -0.05) is 18.2 Å². The Morgan fingerprint density at radius 1 is 1.20 bits per heavy atom. The van der Waals surface area contributed by atoms with E-state index in [4.69, 9.17) is 0 Å². The maximum absolute atomic E-state index is 12.9. The minimum absolute atomic E-state index is 0.00701. The minimum Gasteiger partial charge on any atom is -0.352 e. The van der Waals surface area contributed by atoms with E-state index in [-0.39, 0.29) is 29.8 Å². The molecule has 0 spiro atoms. The van der Waals surface area contributed by atoms with Crippen molar-refractivity contribution in [3.05, 3.63) is 72.8 Å². The molecule has 0 aromatic heterocycles. The molecule has 2 aromatic carbocycles. The third-order valence-corrected chi connectivity index (χ3v) is 4.35. The molecule has 2 aromatic rings. The molecule has 25 heavy (non-hydrogen) atoms. The van der Waals surface area contributed by atoms with Gasteiger partial charge in [-0.05, 0) is 46.7 Å². The number of nitro groups is 1. The second kappa shape index (κ2) is 7.81. The first-order chi connectivity index (χ1) is 11.7. The Morgan fingerprint density at radius 3 is 2.52 bits per heavy atom. The summed E-state index contributed by atoms with van der Waals surface area (Å²) in [4.78, 5) is 22.3. The number of alkyl halides is 3. The van der Waals surface area contributed by atoms with Crippen molar-refractivity contribution in [2.75, 3.05) is 6.54 Å². The zero-order valence-electron chi connectivity index (χ0n) is 12.6. The zero-order valence-corrected chi connectivity index (χ0v) is 14.8. The molecular weight excluding hydrogens is 452 g/mol. The molecule has 0 aliphatic heterocycles. The van der Waals surface area contributed by atoms with E-state index >= 15 is 0 Å². The molecule has 1 amide bonds. The summed E-state index contributed by atoms with van der Waals surface area (Å²) in [6, 6.07) is 8.99. The Labute approximate surface area is 154 Å². The van der Waals surface area contributed by atoms with Crippen LogP contribution in [0.2, 0.25) is 0 Å². The molecule has 0 saturated carbocycles. The molecule has 0 atom stereocenters. The van der Waals surface area contributed by atoms with E-state index in [9.17, 15) is 28.1 Å². The topological polar surface area (TPSA) is 72.2 Å². The van der Waals surface area contributed by atoms with Crippen LogP contribution in [0.5, 0.6) is 0 Å². The number of nitro benzene ring substituents is 1. The van der Waals surface area contributed by atoms with E-state index in [0.29, 0.717) is 3.57 Å². The molecular formula is C16H12F3IN2O3. The summed E-state index contributed by atoms with van der Waals surface area (Å²) < 4.78 is 39.3. The van der Waals surface area contributed by atoms with Crippen molar-refractivity contribution in [3.63, 3.8) is 0 Å². The predicted octanol–water partition coefficient (Wildman–Crippen LogP) is 4.19. The van der Waals surface area contributed by atoms with E-state index in [1.165, 1.54) is 30.3 Å². The fourth-order valence-corrected chi connectivity index (χ4v) is 2.80. The number of carbonyl (C=O) groups excluding carboxylic acids is 1. The summed E-state index contributed by atoms with van der Waals surface area (Å²) in [6.07, 6.45) is -4.47. The van der Waals surface area contributed by atoms with E-state index in [2.05, 4.69) is 5.32 Å². The molecule has 0 aliphatic carbocycles. The largest absolute Gasteiger partial charge is 0.416 e. The third kappa shape index (κ3) is 4.91. The number of hydrogen-bond donors (Lipinski definition) is 1. The van der Waals surface area contributed by atoms with Crippen LogP contribution in [0, 0.1) is 13.7 Å². The molecule has 2 rings (SSSR count). The van der Waals surface area contributed by atoms with Gasteiger partial charge in [0.05, 0.1) is 16.1 Å². The fourth-order valence-electron chi connectivity index (χ4n) is 2.22. The highest BCUT2D eigenvalue weighted by Crippen LogP contribution is 2.31. The van der Waals surface area contributed by atoms with Gasteiger partial charge < -0.3 is 5.32 Å². The van der Waals surface area contributed by atoms with Gasteiger partial charge in [0.25, 0.3) is 11.6 Å². The number of amides is 1. The first-order valence-corrected chi connectivity index (χ1v) is 8.15. The van der Waals surface area contributed by atoms with Gasteiger partial charge in [0, 0.05) is 22.2 Å². The number of hydrogen-bond acceptors (Lipinski definition) is 3. The van der Waals surface area contributed by atoms with Crippen molar-refractivity contribution in [3.8, 4) is 0 Å². The van der Waals surface area contributed by atoms with Gasteiger partial charge in [0.2, 0.25) is 0 Å². The van der Waals surface area contributed by atoms with Crippen LogP contribution >= 0.6 is 22.6 Å². The van der Waals surface area contributed by atoms with Crippen molar-refractivity contribution in [1.82, 2.24) is 5.32 Å². The zero-order chi connectivity index (χ0) is 18.6. The van der Waals surface area contributed by atoms with Gasteiger partial charge in [-0.2, -0.15) is 13.2 Å². The van der Waals surface area contributed by atoms with Crippen molar-refractivity contribution in [1.29, 1.82) is 0 Å². The number of non-ortho nitro benzene ring substituents is 1. The molecule has 0 fully saturated rings. The molecule has 0 unspecified atom stereocenters. The number of halogens is 4. The van der Waals surface area contributed by atoms with Gasteiger partial charge in [-0.3, -0.25) is 14.9 Å². The van der Waals surface area contributed by atoms with Gasteiger partial charge in [-0.15, -0.1) is 0 Å². The minimum atomic E-state index is -4.46. The second-order valence-corrected chi connectivity index (χ2v) is 6.24. The van der Waals surface area contributed by atoms with Crippen LogP contribution in [0.4, 0.5) is 18.9 Å². The molecule has 5 nitrogen and oxygen atoms in total. The number of nitrogens with one attached hydrogen (secondary N) is 1. The Kier molecular flexibility index (Phi) is 5.98. The van der Waals surface area contributed by atoms with Crippen LogP contribution < -0.4 is 5.32 Å². The van der Waals surface area contributed by atoms with Gasteiger partial charge >= 0.3 is 6.18 Å². The monoisotopic (exact) mass is 464 g/mol. The third-order valence-electron chi connectivity index (χ3n) is 3.41. The normalized spacial score (nSPS) is 11.2. The SMILES string of the molecule is O=C(NCCc1ccccc1C(F)(F)F)c1cc([N+](=O)[O-])ccc1I. The highest BCUT2D eigenvalue weighted by Gasteiger charge is 2.32. The van der Waals surface area contributed by atoms with Crippen molar-refractivity contribution >= 4 is 34.2 Å². The van der Waals surface area contributed by atoms with E-state index in [0.717, 1.165) is 12.1 Å². The summed E-state index contributed by atoms with van der Waals surface area (Å²) in [5.74, 6) is -0.572. The number of rotatable bonds is 5. The number of nitrogens with zero attached hydrogens (tertiary/aromatic N) is 1. The lowest BCUT2D eigenvalue weighted by Crippen LogP contribution is -2.27. The Morgan fingerprint density at radius 2 is 1.88 bits per heavy atom. The molecule has 0 aliphatic rings. The Balaban J connectivity index is 2.07. The van der Waals surface area contributed by atoms with Gasteiger partial charge in [-0.25, -0.2) is 0 Å². The smallest absolute Gasteiger partial charge is 0.352 e. The molecule has 0 heterocycles. The van der Waals surface area contributed by atoms with E-state index < -0.39 is 22.6 Å². The molecule has 1 N–H and O–H groups in total. The highest BCUT2D eigenvalue weighted by molar-refractivity contribution is 14.1. The Bertz CT molecular complexity index is 809. The van der Waals surface area contributed by atoms with Crippen LogP contribution in [0.1, 0.15) is 21.5 Å². The first kappa shape index (κ1) is 19.2. The highest BCUT2D eigenvalue weighted by atomic mass is 127.